The van der Waals surface area contributed by atoms with Gasteiger partial charge in [-0.1, -0.05) is 66.7 Å². The minimum atomic E-state index is -4.55. The molecule has 6 N–H and O–H groups in total. The van der Waals surface area contributed by atoms with Crippen molar-refractivity contribution in [1.82, 2.24) is 20.4 Å². The van der Waals surface area contributed by atoms with Crippen molar-refractivity contribution >= 4 is 35.7 Å². The Labute approximate surface area is 272 Å². The first-order valence-electron chi connectivity index (χ1n) is 14.3. The van der Waals surface area contributed by atoms with E-state index in [0.717, 1.165) is 29.2 Å². The van der Waals surface area contributed by atoms with Crippen molar-refractivity contribution in [3.05, 3.63) is 107 Å². The van der Waals surface area contributed by atoms with Gasteiger partial charge in [-0.15, -0.1) is 0 Å². The number of rotatable bonds is 12. The maximum Gasteiger partial charge on any atom is 0.416 e. The van der Waals surface area contributed by atoms with E-state index in [1.54, 1.807) is 42.5 Å². The number of nitrogens with zero attached hydrogens (tertiary/aromatic N) is 2. The van der Waals surface area contributed by atoms with Crippen LogP contribution in [0.2, 0.25) is 0 Å². The molecular formula is C32H31F3N6O7. The maximum atomic E-state index is 13.8. The lowest BCUT2D eigenvalue weighted by molar-refractivity contribution is -0.140. The third-order valence-electron chi connectivity index (χ3n) is 7.65. The second-order valence-electron chi connectivity index (χ2n) is 10.9. The molecule has 0 saturated carbocycles. The zero-order valence-electron chi connectivity index (χ0n) is 25.4. The molecule has 2 atom stereocenters. The number of aliphatic carboxylic acids is 1. The molecule has 1 heterocycles. The summed E-state index contributed by atoms with van der Waals surface area (Å²) in [4.78, 5) is 66.4. The number of amidine groups is 1. The number of urea groups is 1. The van der Waals surface area contributed by atoms with Crippen LogP contribution in [0.3, 0.4) is 0 Å². The SMILES string of the molecule is CC1(c2ccc(C(=N)N)cc2)C(=O)N(CC(=O)NC[C@H](NC(=O)OCc2ccc(C(F)(F)F)cc2)C(=O)O)C(=O)N1Cc1ccccc1. The highest BCUT2D eigenvalue weighted by Gasteiger charge is 2.55. The molecule has 1 saturated heterocycles. The number of carbonyl (C=O) groups is 5. The first-order valence-corrected chi connectivity index (χ1v) is 14.3. The van der Waals surface area contributed by atoms with Gasteiger partial charge in [0, 0.05) is 18.7 Å². The number of hydrogen-bond donors (Lipinski definition) is 5. The molecule has 4 rings (SSSR count). The number of carboxylic acid groups (broad SMARTS) is 1. The van der Waals surface area contributed by atoms with Gasteiger partial charge in [-0.3, -0.25) is 19.9 Å². The summed E-state index contributed by atoms with van der Waals surface area (Å²) in [6, 6.07) is 16.3. The van der Waals surface area contributed by atoms with E-state index in [0.29, 0.717) is 16.7 Å². The number of hydrogen-bond acceptors (Lipinski definition) is 7. The fourth-order valence-corrected chi connectivity index (χ4v) is 4.93. The van der Waals surface area contributed by atoms with Crippen LogP contribution in [0, 0.1) is 5.41 Å². The Kier molecular flexibility index (Phi) is 10.4. The van der Waals surface area contributed by atoms with Crippen LogP contribution in [-0.2, 0) is 44.0 Å². The lowest BCUT2D eigenvalue weighted by Gasteiger charge is -2.32. The first kappa shape index (κ1) is 34.9. The number of nitrogens with two attached hydrogens (primary N) is 1. The molecule has 5 amide bonds. The lowest BCUT2D eigenvalue weighted by atomic mass is 9.89. The first-order chi connectivity index (χ1) is 22.6. The second kappa shape index (κ2) is 14.2. The van der Waals surface area contributed by atoms with Gasteiger partial charge in [-0.25, -0.2) is 14.4 Å². The molecule has 0 aliphatic carbocycles. The predicted molar refractivity (Wildman–Crippen MR) is 163 cm³/mol. The molecule has 0 radical (unpaired) electrons. The Morgan fingerprint density at radius 2 is 1.60 bits per heavy atom. The monoisotopic (exact) mass is 668 g/mol. The minimum absolute atomic E-state index is 0.00802. The zero-order chi connectivity index (χ0) is 35.2. The molecule has 48 heavy (non-hydrogen) atoms. The van der Waals surface area contributed by atoms with Gasteiger partial charge in [-0.2, -0.15) is 13.2 Å². The fourth-order valence-electron chi connectivity index (χ4n) is 4.93. The van der Waals surface area contributed by atoms with E-state index >= 15 is 0 Å². The number of alkyl halides is 3. The molecule has 0 aromatic heterocycles. The van der Waals surface area contributed by atoms with Crippen LogP contribution in [0.4, 0.5) is 22.8 Å². The van der Waals surface area contributed by atoms with Crippen molar-refractivity contribution in [2.75, 3.05) is 13.1 Å². The van der Waals surface area contributed by atoms with Crippen LogP contribution in [0.1, 0.15) is 34.7 Å². The summed E-state index contributed by atoms with van der Waals surface area (Å²) >= 11 is 0. The number of imide groups is 1. The molecule has 1 unspecified atom stereocenters. The molecule has 1 fully saturated rings. The number of nitrogen functional groups attached to an aromatic ring is 1. The van der Waals surface area contributed by atoms with Crippen molar-refractivity contribution in [3.8, 4) is 0 Å². The zero-order valence-corrected chi connectivity index (χ0v) is 25.4. The minimum Gasteiger partial charge on any atom is -0.480 e. The molecule has 0 spiro atoms. The van der Waals surface area contributed by atoms with Gasteiger partial charge in [0.05, 0.1) is 5.56 Å². The molecule has 252 valence electrons. The normalized spacial score (nSPS) is 16.8. The van der Waals surface area contributed by atoms with Crippen molar-refractivity contribution in [1.29, 1.82) is 5.41 Å². The molecule has 3 aromatic rings. The average molecular weight is 669 g/mol. The van der Waals surface area contributed by atoms with Crippen LogP contribution in [0.5, 0.6) is 0 Å². The summed E-state index contributed by atoms with van der Waals surface area (Å²) in [6.07, 6.45) is -5.76. The Bertz CT molecular complexity index is 1700. The number of nitrogens with one attached hydrogen (secondary N) is 3. The number of carboxylic acids is 1. The summed E-state index contributed by atoms with van der Waals surface area (Å²) < 4.78 is 43.1. The highest BCUT2D eigenvalue weighted by atomic mass is 19.4. The highest BCUT2D eigenvalue weighted by molar-refractivity contribution is 6.09. The smallest absolute Gasteiger partial charge is 0.416 e. The number of alkyl carbamates (subject to hydrolysis) is 1. The van der Waals surface area contributed by atoms with E-state index in [4.69, 9.17) is 15.9 Å². The van der Waals surface area contributed by atoms with E-state index < -0.39 is 72.9 Å². The van der Waals surface area contributed by atoms with E-state index in [9.17, 15) is 42.3 Å². The molecular weight excluding hydrogens is 637 g/mol. The van der Waals surface area contributed by atoms with Crippen molar-refractivity contribution in [2.45, 2.75) is 37.8 Å². The van der Waals surface area contributed by atoms with E-state index in [-0.39, 0.29) is 17.9 Å². The Morgan fingerprint density at radius 3 is 2.17 bits per heavy atom. The van der Waals surface area contributed by atoms with Crippen LogP contribution in [0.25, 0.3) is 0 Å². The third-order valence-corrected chi connectivity index (χ3v) is 7.65. The van der Waals surface area contributed by atoms with E-state index in [1.807, 2.05) is 5.32 Å². The van der Waals surface area contributed by atoms with Crippen molar-refractivity contribution in [3.63, 3.8) is 0 Å². The number of ether oxygens (including phenoxy) is 1. The Morgan fingerprint density at radius 1 is 0.979 bits per heavy atom. The van der Waals surface area contributed by atoms with Gasteiger partial charge in [0.25, 0.3) is 5.91 Å². The molecule has 3 aromatic carbocycles. The summed E-state index contributed by atoms with van der Waals surface area (Å²) in [5, 5.41) is 21.5. The van der Waals surface area contributed by atoms with Gasteiger partial charge >= 0.3 is 24.3 Å². The van der Waals surface area contributed by atoms with E-state index in [2.05, 4.69) is 5.32 Å². The summed E-state index contributed by atoms with van der Waals surface area (Å²) in [5.41, 5.74) is 4.81. The third kappa shape index (κ3) is 7.89. The van der Waals surface area contributed by atoms with Crippen LogP contribution >= 0.6 is 0 Å². The highest BCUT2D eigenvalue weighted by Crippen LogP contribution is 2.38. The van der Waals surface area contributed by atoms with Gasteiger partial charge < -0.3 is 31.1 Å². The number of carbonyl (C=O) groups excluding carboxylic acids is 4. The van der Waals surface area contributed by atoms with Crippen LogP contribution < -0.4 is 16.4 Å². The fraction of sp³-hybridized carbons (Fsp3) is 0.250. The average Bonchev–Trinajstić information content (AvgIpc) is 3.22. The standard InChI is InChI=1S/C32H31F3N6O7/c1-31(22-13-9-21(10-14-22)26(36)37)28(45)40(30(47)41(31)16-19-5-3-2-4-6-19)17-25(42)38-15-24(27(43)44)39-29(46)48-18-20-7-11-23(12-8-20)32(33,34)35/h2-14,24H,15-18H2,1H3,(H3,36,37)(H,38,42)(H,39,46)(H,43,44)/t24-,31?/m0/s1. The van der Waals surface area contributed by atoms with Crippen LogP contribution in [0.15, 0.2) is 78.9 Å². The van der Waals surface area contributed by atoms with Gasteiger partial charge in [0.2, 0.25) is 5.91 Å². The quantitative estimate of drug-likeness (QED) is 0.110. The van der Waals surface area contributed by atoms with Gasteiger partial charge in [0.1, 0.15) is 30.6 Å². The molecule has 16 heteroatoms. The summed E-state index contributed by atoms with van der Waals surface area (Å²) in [7, 11) is 0. The Balaban J connectivity index is 1.41. The maximum absolute atomic E-state index is 13.8. The van der Waals surface area contributed by atoms with Crippen LogP contribution in [-0.4, -0.2) is 69.8 Å². The number of halogens is 3. The topological polar surface area (TPSA) is 195 Å². The molecule has 13 nitrogen and oxygen atoms in total. The van der Waals surface area contributed by atoms with Crippen molar-refractivity contribution in [2.24, 2.45) is 5.73 Å². The number of benzene rings is 3. The van der Waals surface area contributed by atoms with Crippen molar-refractivity contribution < 1.29 is 47.0 Å². The van der Waals surface area contributed by atoms with Gasteiger partial charge in [0.15, 0.2) is 0 Å². The summed E-state index contributed by atoms with van der Waals surface area (Å²) in [6.45, 7) is -0.352. The molecule has 1 aliphatic heterocycles. The molecule has 0 bridgehead atoms. The lowest BCUT2D eigenvalue weighted by Crippen LogP contribution is -2.50. The second-order valence-corrected chi connectivity index (χ2v) is 10.9. The molecule has 1 aliphatic rings. The summed E-state index contributed by atoms with van der Waals surface area (Å²) in [5.74, 6) is -3.38. The predicted octanol–water partition coefficient (Wildman–Crippen LogP) is 3.16. The van der Waals surface area contributed by atoms with Gasteiger partial charge in [-0.05, 0) is 35.7 Å². The largest absolute Gasteiger partial charge is 0.480 e. The Hall–Kier alpha value is -5.93. The van der Waals surface area contributed by atoms with E-state index in [1.165, 1.54) is 24.0 Å². The number of amides is 5.